The van der Waals surface area contributed by atoms with E-state index in [1.807, 2.05) is 0 Å². The minimum atomic E-state index is 0.358. The second kappa shape index (κ2) is 5.52. The van der Waals surface area contributed by atoms with E-state index in [1.165, 1.54) is 0 Å². The Labute approximate surface area is 85.2 Å². The van der Waals surface area contributed by atoms with E-state index in [4.69, 9.17) is 22.7 Å². The molecule has 0 aromatic heterocycles. The maximum atomic E-state index is 5.64. The Balaban J connectivity index is 2.39. The van der Waals surface area contributed by atoms with E-state index >= 15 is 0 Å². The summed E-state index contributed by atoms with van der Waals surface area (Å²) in [6.45, 7) is 5.76. The summed E-state index contributed by atoms with van der Waals surface area (Å²) in [5.74, 6) is 0. The van der Waals surface area contributed by atoms with Gasteiger partial charge in [-0.25, -0.2) is 0 Å². The van der Waals surface area contributed by atoms with Gasteiger partial charge in [0.2, 0.25) is 0 Å². The molecule has 4 heteroatoms. The number of rotatable bonds is 3. The minimum Gasteiger partial charge on any atom is -0.392 e. The molecule has 0 aromatic carbocycles. The zero-order valence-electron chi connectivity index (χ0n) is 8.16. The summed E-state index contributed by atoms with van der Waals surface area (Å²) in [5, 5.41) is 0. The normalized spacial score (nSPS) is 25.5. The molecule has 0 spiro atoms. The first-order valence-electron chi connectivity index (χ1n) is 4.84. The second-order valence-corrected chi connectivity index (χ2v) is 3.98. The lowest BCUT2D eigenvalue weighted by molar-refractivity contribution is 0.0538. The predicted molar refractivity (Wildman–Crippen MR) is 57.9 cm³/mol. The summed E-state index contributed by atoms with van der Waals surface area (Å²) in [7, 11) is 0. The van der Waals surface area contributed by atoms with Crippen molar-refractivity contribution in [2.75, 3.05) is 26.2 Å². The maximum Gasteiger partial charge on any atom is 0.0870 e. The first-order chi connectivity index (χ1) is 6.22. The van der Waals surface area contributed by atoms with E-state index in [1.54, 1.807) is 0 Å². The van der Waals surface area contributed by atoms with Gasteiger partial charge >= 0.3 is 0 Å². The summed E-state index contributed by atoms with van der Waals surface area (Å²) in [5.41, 5.74) is 5.51. The van der Waals surface area contributed by atoms with Gasteiger partial charge in [-0.15, -0.1) is 0 Å². The van der Waals surface area contributed by atoms with E-state index in [-0.39, 0.29) is 0 Å². The number of ether oxygens (including phenoxy) is 1. The summed E-state index contributed by atoms with van der Waals surface area (Å²) in [4.78, 5) is 2.86. The van der Waals surface area contributed by atoms with E-state index in [0.29, 0.717) is 11.1 Å². The molecule has 3 nitrogen and oxygen atoms in total. The van der Waals surface area contributed by atoms with Crippen LogP contribution in [0.3, 0.4) is 0 Å². The van der Waals surface area contributed by atoms with Crippen LogP contribution in [-0.2, 0) is 4.74 Å². The lowest BCUT2D eigenvalue weighted by atomic mass is 10.2. The van der Waals surface area contributed by atoms with Gasteiger partial charge in [0, 0.05) is 26.2 Å². The fraction of sp³-hybridized carbons (Fsp3) is 0.889. The molecule has 1 atom stereocenters. The van der Waals surface area contributed by atoms with Gasteiger partial charge in [-0.05, 0) is 12.8 Å². The number of thiocarbonyl (C=S) groups is 1. The molecule has 0 aromatic rings. The third-order valence-corrected chi connectivity index (χ3v) is 2.40. The van der Waals surface area contributed by atoms with Gasteiger partial charge in [-0.1, -0.05) is 19.1 Å². The van der Waals surface area contributed by atoms with Gasteiger partial charge in [-0.3, -0.25) is 4.90 Å². The summed E-state index contributed by atoms with van der Waals surface area (Å²) >= 11 is 4.89. The van der Waals surface area contributed by atoms with Crippen LogP contribution in [0.4, 0.5) is 0 Å². The largest absolute Gasteiger partial charge is 0.392 e. The van der Waals surface area contributed by atoms with Crippen molar-refractivity contribution in [1.29, 1.82) is 0 Å². The van der Waals surface area contributed by atoms with Crippen molar-refractivity contribution >= 4 is 17.2 Å². The molecule has 0 saturated carbocycles. The first-order valence-corrected chi connectivity index (χ1v) is 5.25. The number of hydrogen-bond acceptors (Lipinski definition) is 3. The molecule has 0 bridgehead atoms. The van der Waals surface area contributed by atoms with Gasteiger partial charge < -0.3 is 10.5 Å². The molecule has 1 aliphatic rings. The van der Waals surface area contributed by atoms with E-state index < -0.39 is 0 Å². The van der Waals surface area contributed by atoms with E-state index in [9.17, 15) is 0 Å². The van der Waals surface area contributed by atoms with Gasteiger partial charge in [0.25, 0.3) is 0 Å². The molecule has 0 aliphatic carbocycles. The average molecular weight is 202 g/mol. The Bertz CT molecular complexity index is 175. The first kappa shape index (κ1) is 10.9. The molecule has 1 rings (SSSR count). The molecule has 0 amide bonds. The van der Waals surface area contributed by atoms with Crippen molar-refractivity contribution in [1.82, 2.24) is 4.90 Å². The van der Waals surface area contributed by atoms with Crippen LogP contribution < -0.4 is 5.73 Å². The van der Waals surface area contributed by atoms with Crippen molar-refractivity contribution in [3.05, 3.63) is 0 Å². The third kappa shape index (κ3) is 4.02. The van der Waals surface area contributed by atoms with Gasteiger partial charge in [0.1, 0.15) is 0 Å². The highest BCUT2D eigenvalue weighted by Crippen LogP contribution is 2.07. The minimum absolute atomic E-state index is 0.358. The number of hydrogen-bond donors (Lipinski definition) is 1. The van der Waals surface area contributed by atoms with Gasteiger partial charge in [-0.2, -0.15) is 0 Å². The lowest BCUT2D eigenvalue weighted by Crippen LogP contribution is -2.37. The Hall–Kier alpha value is -0.190. The lowest BCUT2D eigenvalue weighted by Gasteiger charge is -2.22. The third-order valence-electron chi connectivity index (χ3n) is 2.27. The van der Waals surface area contributed by atoms with E-state index in [2.05, 4.69) is 11.8 Å². The van der Waals surface area contributed by atoms with Crippen molar-refractivity contribution in [2.45, 2.75) is 25.9 Å². The molecule has 13 heavy (non-hydrogen) atoms. The van der Waals surface area contributed by atoms with Crippen LogP contribution in [0, 0.1) is 0 Å². The molecule has 1 unspecified atom stereocenters. The molecule has 1 heterocycles. The Kier molecular flexibility index (Phi) is 4.62. The second-order valence-electron chi connectivity index (χ2n) is 3.46. The zero-order chi connectivity index (χ0) is 9.68. The predicted octanol–water partition coefficient (Wildman–Crippen LogP) is 0.773. The molecule has 1 fully saturated rings. The van der Waals surface area contributed by atoms with Gasteiger partial charge in [0.15, 0.2) is 0 Å². The van der Waals surface area contributed by atoms with E-state index in [0.717, 1.165) is 39.1 Å². The molecule has 76 valence electrons. The average Bonchev–Trinajstić information content (AvgIpc) is 2.28. The Morgan fingerprint density at radius 1 is 1.69 bits per heavy atom. The zero-order valence-corrected chi connectivity index (χ0v) is 8.98. The van der Waals surface area contributed by atoms with Crippen molar-refractivity contribution < 1.29 is 4.74 Å². The highest BCUT2D eigenvalue weighted by molar-refractivity contribution is 7.80. The fourth-order valence-corrected chi connectivity index (χ4v) is 1.76. The Morgan fingerprint density at radius 2 is 2.46 bits per heavy atom. The standard InChI is InChI=1S/C9H18N2OS/c1-2-8-6-11(7-9(10)13)4-3-5-12-8/h8H,2-7H2,1H3,(H2,10,13). The van der Waals surface area contributed by atoms with Crippen LogP contribution in [0.2, 0.25) is 0 Å². The van der Waals surface area contributed by atoms with Crippen LogP contribution in [-0.4, -0.2) is 42.2 Å². The van der Waals surface area contributed by atoms with Crippen molar-refractivity contribution in [2.24, 2.45) is 5.73 Å². The Morgan fingerprint density at radius 3 is 3.08 bits per heavy atom. The van der Waals surface area contributed by atoms with Crippen LogP contribution in [0.5, 0.6) is 0 Å². The molecular weight excluding hydrogens is 184 g/mol. The summed E-state index contributed by atoms with van der Waals surface area (Å²) < 4.78 is 5.64. The number of nitrogens with zero attached hydrogens (tertiary/aromatic N) is 1. The van der Waals surface area contributed by atoms with Crippen molar-refractivity contribution in [3.8, 4) is 0 Å². The summed E-state index contributed by atoms with van der Waals surface area (Å²) in [6, 6.07) is 0. The number of nitrogens with two attached hydrogens (primary N) is 1. The van der Waals surface area contributed by atoms with Crippen LogP contribution in [0.1, 0.15) is 19.8 Å². The molecule has 0 radical (unpaired) electrons. The smallest absolute Gasteiger partial charge is 0.0870 e. The molecule has 2 N–H and O–H groups in total. The van der Waals surface area contributed by atoms with Crippen molar-refractivity contribution in [3.63, 3.8) is 0 Å². The molecular formula is C9H18N2OS. The fourth-order valence-electron chi connectivity index (χ4n) is 1.58. The highest BCUT2D eigenvalue weighted by Gasteiger charge is 2.16. The maximum absolute atomic E-state index is 5.64. The monoisotopic (exact) mass is 202 g/mol. The van der Waals surface area contributed by atoms with Crippen LogP contribution in [0.25, 0.3) is 0 Å². The van der Waals surface area contributed by atoms with Crippen LogP contribution in [0.15, 0.2) is 0 Å². The molecule has 1 aliphatic heterocycles. The molecule has 1 saturated heterocycles. The summed E-state index contributed by atoms with van der Waals surface area (Å²) in [6.07, 6.45) is 2.50. The van der Waals surface area contributed by atoms with Gasteiger partial charge in [0.05, 0.1) is 11.1 Å². The highest BCUT2D eigenvalue weighted by atomic mass is 32.1. The quantitative estimate of drug-likeness (QED) is 0.686. The van der Waals surface area contributed by atoms with Crippen LogP contribution >= 0.6 is 12.2 Å². The SMILES string of the molecule is CCC1CN(CC(N)=S)CCCO1. The topological polar surface area (TPSA) is 38.5 Å².